The summed E-state index contributed by atoms with van der Waals surface area (Å²) < 4.78 is 24.7. The van der Waals surface area contributed by atoms with Gasteiger partial charge in [0, 0.05) is 42.5 Å². The third-order valence-electron chi connectivity index (χ3n) is 7.01. The molecule has 1 aromatic carbocycles. The molecular formula is C29H34FN3O4. The second-order valence-electron chi connectivity index (χ2n) is 10.3. The highest BCUT2D eigenvalue weighted by Gasteiger charge is 2.29. The lowest BCUT2D eigenvalue weighted by molar-refractivity contribution is -0.136. The van der Waals surface area contributed by atoms with Crippen molar-refractivity contribution < 1.29 is 23.8 Å². The minimum atomic E-state index is -0.880. The number of methoxy groups -OCH3 is 1. The van der Waals surface area contributed by atoms with Crippen molar-refractivity contribution in [1.29, 1.82) is 0 Å². The highest BCUT2D eigenvalue weighted by Crippen LogP contribution is 2.39. The van der Waals surface area contributed by atoms with Crippen LogP contribution in [0.2, 0.25) is 0 Å². The Morgan fingerprint density at radius 2 is 1.89 bits per heavy atom. The molecule has 0 bridgehead atoms. The van der Waals surface area contributed by atoms with Crippen molar-refractivity contribution in [2.75, 3.05) is 31.7 Å². The van der Waals surface area contributed by atoms with Gasteiger partial charge >= 0.3 is 5.97 Å². The average Bonchev–Trinajstić information content (AvgIpc) is 2.86. The predicted molar refractivity (Wildman–Crippen MR) is 141 cm³/mol. The summed E-state index contributed by atoms with van der Waals surface area (Å²) in [4.78, 5) is 23.1. The van der Waals surface area contributed by atoms with Gasteiger partial charge < -0.3 is 19.5 Å². The number of aryl methyl sites for hydroxylation is 1. The molecule has 0 radical (unpaired) electrons. The van der Waals surface area contributed by atoms with E-state index in [4.69, 9.17) is 9.47 Å². The Morgan fingerprint density at radius 3 is 2.51 bits per heavy atom. The van der Waals surface area contributed by atoms with Crippen LogP contribution in [0.3, 0.4) is 0 Å². The highest BCUT2D eigenvalue weighted by atomic mass is 19.1. The zero-order valence-electron chi connectivity index (χ0n) is 21.9. The number of carbonyl (C=O) groups is 1. The first-order chi connectivity index (χ1) is 17.7. The van der Waals surface area contributed by atoms with Gasteiger partial charge in [-0.3, -0.25) is 14.8 Å². The summed E-state index contributed by atoms with van der Waals surface area (Å²) in [6.45, 7) is 8.47. The standard InChI is InChI=1S/C29H34FN3O4/c1-19-22(16-27(34)35)28(33-12-10-29(2,3)11-13-33)23(18-31-19)25-7-6-21(17-32-25)37-14-9-20-5-8-26(36-4)24(30)15-20/h5-8,15,17-18H,9-14,16H2,1-4H3,(H,34,35). The second-order valence-corrected chi connectivity index (χ2v) is 10.3. The number of nitrogens with zero attached hydrogens (tertiary/aromatic N) is 3. The SMILES string of the molecule is COc1ccc(CCOc2ccc(-c3cnc(C)c(CC(=O)O)c3N3CCC(C)(C)CC3)nc2)cc1F. The molecule has 3 heterocycles. The molecule has 1 fully saturated rings. The summed E-state index contributed by atoms with van der Waals surface area (Å²) in [6, 6.07) is 8.59. The maximum Gasteiger partial charge on any atom is 0.307 e. The van der Waals surface area contributed by atoms with Crippen LogP contribution in [-0.4, -0.2) is 47.8 Å². The van der Waals surface area contributed by atoms with Gasteiger partial charge in [-0.2, -0.15) is 0 Å². The maximum absolute atomic E-state index is 13.9. The van der Waals surface area contributed by atoms with Crippen LogP contribution in [0.25, 0.3) is 11.3 Å². The van der Waals surface area contributed by atoms with Gasteiger partial charge in [-0.1, -0.05) is 19.9 Å². The minimum absolute atomic E-state index is 0.0882. The normalized spacial score (nSPS) is 14.9. The van der Waals surface area contributed by atoms with Crippen LogP contribution < -0.4 is 14.4 Å². The molecule has 1 aliphatic rings. The summed E-state index contributed by atoms with van der Waals surface area (Å²) >= 11 is 0. The predicted octanol–water partition coefficient (Wildman–Crippen LogP) is 5.47. The van der Waals surface area contributed by atoms with E-state index < -0.39 is 11.8 Å². The third-order valence-corrected chi connectivity index (χ3v) is 7.01. The molecule has 0 spiro atoms. The van der Waals surface area contributed by atoms with Crippen LogP contribution in [0.5, 0.6) is 11.5 Å². The summed E-state index contributed by atoms with van der Waals surface area (Å²) in [7, 11) is 1.44. The van der Waals surface area contributed by atoms with Gasteiger partial charge in [0.1, 0.15) is 5.75 Å². The van der Waals surface area contributed by atoms with Crippen LogP contribution in [0.1, 0.15) is 43.5 Å². The molecule has 1 aliphatic heterocycles. The van der Waals surface area contributed by atoms with Gasteiger partial charge in [0.15, 0.2) is 11.6 Å². The Labute approximate surface area is 217 Å². The number of halogens is 1. The number of ether oxygens (including phenoxy) is 2. The van der Waals surface area contributed by atoms with Crippen LogP contribution in [0, 0.1) is 18.2 Å². The number of anilines is 1. The van der Waals surface area contributed by atoms with E-state index in [2.05, 4.69) is 28.7 Å². The molecule has 4 rings (SSSR count). The van der Waals surface area contributed by atoms with Crippen LogP contribution in [0.4, 0.5) is 10.1 Å². The number of rotatable bonds is 9. The van der Waals surface area contributed by atoms with Crippen LogP contribution in [0.15, 0.2) is 42.7 Å². The number of carboxylic acid groups (broad SMARTS) is 1. The molecule has 196 valence electrons. The summed E-state index contributed by atoms with van der Waals surface area (Å²) in [5.41, 5.74) is 4.98. The molecule has 7 nitrogen and oxygen atoms in total. The van der Waals surface area contributed by atoms with Crippen LogP contribution >= 0.6 is 0 Å². The quantitative estimate of drug-likeness (QED) is 0.411. The first-order valence-corrected chi connectivity index (χ1v) is 12.5. The topological polar surface area (TPSA) is 84.8 Å². The Hall–Kier alpha value is -3.68. The Morgan fingerprint density at radius 1 is 1.14 bits per heavy atom. The van der Waals surface area contributed by atoms with Gasteiger partial charge in [0.05, 0.1) is 37.7 Å². The van der Waals surface area contributed by atoms with E-state index >= 15 is 0 Å². The fourth-order valence-corrected chi connectivity index (χ4v) is 4.66. The number of benzene rings is 1. The van der Waals surface area contributed by atoms with E-state index in [9.17, 15) is 14.3 Å². The minimum Gasteiger partial charge on any atom is -0.494 e. The third kappa shape index (κ3) is 6.37. The second kappa shape index (κ2) is 11.2. The van der Waals surface area contributed by atoms with Crippen molar-refractivity contribution >= 4 is 11.7 Å². The van der Waals surface area contributed by atoms with Gasteiger partial charge in [0.2, 0.25) is 0 Å². The molecule has 8 heteroatoms. The largest absolute Gasteiger partial charge is 0.494 e. The molecule has 0 unspecified atom stereocenters. The number of aromatic nitrogens is 2. The van der Waals surface area contributed by atoms with Crippen molar-refractivity contribution in [2.45, 2.75) is 46.5 Å². The molecule has 1 saturated heterocycles. The monoisotopic (exact) mass is 507 g/mol. The number of pyridine rings is 2. The number of aliphatic carboxylic acids is 1. The lowest BCUT2D eigenvalue weighted by Crippen LogP contribution is -2.38. The van der Waals surface area contributed by atoms with Crippen molar-refractivity contribution in [1.82, 2.24) is 9.97 Å². The van der Waals surface area contributed by atoms with Gasteiger partial charge in [-0.15, -0.1) is 0 Å². The number of hydrogen-bond donors (Lipinski definition) is 1. The van der Waals surface area contributed by atoms with E-state index in [0.29, 0.717) is 24.5 Å². The van der Waals surface area contributed by atoms with E-state index in [1.807, 2.05) is 25.1 Å². The molecule has 0 aliphatic carbocycles. The fraction of sp³-hybridized carbons (Fsp3) is 0.414. The summed E-state index contributed by atoms with van der Waals surface area (Å²) in [6.07, 6.45) is 5.95. The highest BCUT2D eigenvalue weighted by molar-refractivity contribution is 5.83. The summed E-state index contributed by atoms with van der Waals surface area (Å²) in [5.74, 6) is -0.457. The molecule has 3 aromatic rings. The maximum atomic E-state index is 13.9. The number of carboxylic acids is 1. The number of piperidine rings is 1. The van der Waals surface area contributed by atoms with Crippen LogP contribution in [-0.2, 0) is 17.6 Å². The Kier molecular flexibility index (Phi) is 7.95. The van der Waals surface area contributed by atoms with E-state index in [-0.39, 0.29) is 17.6 Å². The van der Waals surface area contributed by atoms with Crippen molar-refractivity contribution in [3.8, 4) is 22.8 Å². The molecule has 0 atom stereocenters. The molecular weight excluding hydrogens is 473 g/mol. The smallest absolute Gasteiger partial charge is 0.307 e. The van der Waals surface area contributed by atoms with E-state index in [0.717, 1.165) is 54.0 Å². The zero-order valence-corrected chi connectivity index (χ0v) is 21.9. The lowest BCUT2D eigenvalue weighted by atomic mass is 9.82. The first kappa shape index (κ1) is 26.4. The summed E-state index contributed by atoms with van der Waals surface area (Å²) in [5, 5.41) is 9.60. The molecule has 2 aromatic heterocycles. The Balaban J connectivity index is 1.53. The molecule has 0 saturated carbocycles. The van der Waals surface area contributed by atoms with Crippen molar-refractivity contribution in [2.24, 2.45) is 5.41 Å². The molecule has 37 heavy (non-hydrogen) atoms. The average molecular weight is 508 g/mol. The lowest BCUT2D eigenvalue weighted by Gasteiger charge is -2.40. The molecule has 1 N–H and O–H groups in total. The van der Waals surface area contributed by atoms with Crippen molar-refractivity contribution in [3.63, 3.8) is 0 Å². The molecule has 0 amide bonds. The van der Waals surface area contributed by atoms with E-state index in [1.165, 1.54) is 13.2 Å². The fourth-order valence-electron chi connectivity index (χ4n) is 4.66. The van der Waals surface area contributed by atoms with Gasteiger partial charge in [-0.25, -0.2) is 4.39 Å². The van der Waals surface area contributed by atoms with Gasteiger partial charge in [-0.05, 0) is 55.0 Å². The Bertz CT molecular complexity index is 1250. The first-order valence-electron chi connectivity index (χ1n) is 12.5. The van der Waals surface area contributed by atoms with E-state index in [1.54, 1.807) is 18.5 Å². The number of hydrogen-bond acceptors (Lipinski definition) is 6. The zero-order chi connectivity index (χ0) is 26.6. The van der Waals surface area contributed by atoms with Crippen molar-refractivity contribution in [3.05, 3.63) is 65.4 Å². The van der Waals surface area contributed by atoms with Gasteiger partial charge in [0.25, 0.3) is 0 Å².